The molecule has 0 saturated carbocycles. The summed E-state index contributed by atoms with van der Waals surface area (Å²) < 4.78 is 0. The summed E-state index contributed by atoms with van der Waals surface area (Å²) in [5.41, 5.74) is 2.64. The molecule has 0 unspecified atom stereocenters. The van der Waals surface area contributed by atoms with Crippen molar-refractivity contribution in [3.8, 4) is 0 Å². The Bertz CT molecular complexity index is 572. The molecule has 2 aromatic rings. The first-order valence-corrected chi connectivity index (χ1v) is 7.87. The molecular formula is C18H24N4. The molecule has 116 valence electrons. The van der Waals surface area contributed by atoms with Crippen LogP contribution in [0.25, 0.3) is 0 Å². The van der Waals surface area contributed by atoms with Gasteiger partial charge in [-0.25, -0.2) is 4.98 Å². The van der Waals surface area contributed by atoms with Crippen LogP contribution < -0.4 is 9.80 Å². The number of nitrogens with zero attached hydrogens (tertiary/aromatic N) is 4. The summed E-state index contributed by atoms with van der Waals surface area (Å²) >= 11 is 0. The molecule has 0 amide bonds. The van der Waals surface area contributed by atoms with Gasteiger partial charge in [-0.2, -0.15) is 0 Å². The zero-order valence-corrected chi connectivity index (χ0v) is 13.4. The molecule has 4 nitrogen and oxygen atoms in total. The monoisotopic (exact) mass is 296 g/mol. The third kappa shape index (κ3) is 3.57. The molecule has 0 atom stereocenters. The predicted octanol–water partition coefficient (Wildman–Crippen LogP) is 2.47. The molecule has 0 spiro atoms. The van der Waals surface area contributed by atoms with Gasteiger partial charge in [-0.3, -0.25) is 4.90 Å². The second kappa shape index (κ2) is 6.79. The number of piperazine rings is 1. The summed E-state index contributed by atoms with van der Waals surface area (Å²) in [5, 5.41) is 0. The molecule has 1 aromatic carbocycles. The second-order valence-electron chi connectivity index (χ2n) is 6.01. The van der Waals surface area contributed by atoms with Gasteiger partial charge in [0.1, 0.15) is 5.82 Å². The van der Waals surface area contributed by atoms with Crippen LogP contribution in [-0.2, 0) is 6.54 Å². The van der Waals surface area contributed by atoms with Crippen molar-refractivity contribution in [1.29, 1.82) is 0 Å². The number of aromatic nitrogens is 1. The minimum atomic E-state index is 1.03. The van der Waals surface area contributed by atoms with Crippen molar-refractivity contribution < 1.29 is 0 Å². The van der Waals surface area contributed by atoms with Crippen molar-refractivity contribution in [2.45, 2.75) is 6.54 Å². The van der Waals surface area contributed by atoms with Gasteiger partial charge in [0.15, 0.2) is 0 Å². The van der Waals surface area contributed by atoms with Crippen LogP contribution >= 0.6 is 0 Å². The molecule has 0 N–H and O–H groups in total. The molecule has 0 bridgehead atoms. The minimum Gasteiger partial charge on any atom is -0.378 e. The summed E-state index contributed by atoms with van der Waals surface area (Å²) in [7, 11) is 4.15. The summed E-state index contributed by atoms with van der Waals surface area (Å²) in [6.45, 7) is 5.31. The average Bonchev–Trinajstić information content (AvgIpc) is 2.57. The van der Waals surface area contributed by atoms with Gasteiger partial charge in [0, 0.05) is 58.7 Å². The largest absolute Gasteiger partial charge is 0.378 e. The SMILES string of the molecule is CN(C)c1ccc(CN2CCN(c3ccccn3)CC2)cc1. The first-order chi connectivity index (χ1) is 10.7. The first-order valence-electron chi connectivity index (χ1n) is 7.87. The van der Waals surface area contributed by atoms with Crippen LogP contribution in [-0.4, -0.2) is 50.2 Å². The van der Waals surface area contributed by atoms with Crippen molar-refractivity contribution in [2.75, 3.05) is 50.1 Å². The lowest BCUT2D eigenvalue weighted by atomic mass is 10.1. The normalized spacial score (nSPS) is 15.8. The molecule has 1 aliphatic heterocycles. The molecule has 0 aliphatic carbocycles. The van der Waals surface area contributed by atoms with E-state index < -0.39 is 0 Å². The van der Waals surface area contributed by atoms with Gasteiger partial charge >= 0.3 is 0 Å². The fraction of sp³-hybridized carbons (Fsp3) is 0.389. The standard InChI is InChI=1S/C18H24N4/c1-20(2)17-8-6-16(7-9-17)15-21-11-13-22(14-12-21)18-5-3-4-10-19-18/h3-10H,11-15H2,1-2H3. The number of benzene rings is 1. The van der Waals surface area contributed by atoms with E-state index in [9.17, 15) is 0 Å². The van der Waals surface area contributed by atoms with E-state index in [0.29, 0.717) is 0 Å². The smallest absolute Gasteiger partial charge is 0.128 e. The fourth-order valence-corrected chi connectivity index (χ4v) is 2.83. The van der Waals surface area contributed by atoms with Gasteiger partial charge < -0.3 is 9.80 Å². The molecule has 1 saturated heterocycles. The molecule has 22 heavy (non-hydrogen) atoms. The second-order valence-corrected chi connectivity index (χ2v) is 6.01. The zero-order chi connectivity index (χ0) is 15.4. The Hall–Kier alpha value is -2.07. The molecule has 3 rings (SSSR count). The van der Waals surface area contributed by atoms with E-state index in [4.69, 9.17) is 0 Å². The lowest BCUT2D eigenvalue weighted by Gasteiger charge is -2.35. The minimum absolute atomic E-state index is 1.03. The maximum absolute atomic E-state index is 4.44. The Balaban J connectivity index is 1.53. The van der Waals surface area contributed by atoms with E-state index in [2.05, 4.69) is 70.2 Å². The highest BCUT2D eigenvalue weighted by Crippen LogP contribution is 2.16. The van der Waals surface area contributed by atoms with Crippen molar-refractivity contribution in [3.63, 3.8) is 0 Å². The molecule has 1 fully saturated rings. The van der Waals surface area contributed by atoms with Crippen molar-refractivity contribution >= 4 is 11.5 Å². The van der Waals surface area contributed by atoms with Crippen LogP contribution in [0.5, 0.6) is 0 Å². The van der Waals surface area contributed by atoms with Gasteiger partial charge in [0.05, 0.1) is 0 Å². The van der Waals surface area contributed by atoms with E-state index in [1.807, 2.05) is 12.3 Å². The van der Waals surface area contributed by atoms with Crippen molar-refractivity contribution in [2.24, 2.45) is 0 Å². The predicted molar refractivity (Wildman–Crippen MR) is 92.5 cm³/mol. The fourth-order valence-electron chi connectivity index (χ4n) is 2.83. The number of anilines is 2. The summed E-state index contributed by atoms with van der Waals surface area (Å²) in [5.74, 6) is 1.09. The van der Waals surface area contributed by atoms with Crippen LogP contribution in [0.15, 0.2) is 48.7 Å². The van der Waals surface area contributed by atoms with Crippen molar-refractivity contribution in [3.05, 3.63) is 54.2 Å². The number of hydrogen-bond acceptors (Lipinski definition) is 4. The van der Waals surface area contributed by atoms with Gasteiger partial charge in [-0.05, 0) is 29.8 Å². The average molecular weight is 296 g/mol. The molecule has 2 heterocycles. The number of rotatable bonds is 4. The number of pyridine rings is 1. The van der Waals surface area contributed by atoms with Crippen LogP contribution in [0.2, 0.25) is 0 Å². The Morgan fingerprint density at radius 1 is 0.955 bits per heavy atom. The highest BCUT2D eigenvalue weighted by atomic mass is 15.3. The van der Waals surface area contributed by atoms with Gasteiger partial charge in [0.2, 0.25) is 0 Å². The lowest BCUT2D eigenvalue weighted by Crippen LogP contribution is -2.46. The highest BCUT2D eigenvalue weighted by Gasteiger charge is 2.17. The molecule has 4 heteroatoms. The van der Waals surface area contributed by atoms with E-state index in [0.717, 1.165) is 38.5 Å². The van der Waals surface area contributed by atoms with Crippen molar-refractivity contribution in [1.82, 2.24) is 9.88 Å². The maximum Gasteiger partial charge on any atom is 0.128 e. The highest BCUT2D eigenvalue weighted by molar-refractivity contribution is 5.46. The van der Waals surface area contributed by atoms with Crippen LogP contribution in [0.4, 0.5) is 11.5 Å². The van der Waals surface area contributed by atoms with E-state index in [-0.39, 0.29) is 0 Å². The van der Waals surface area contributed by atoms with Gasteiger partial charge in [-0.15, -0.1) is 0 Å². The third-order valence-electron chi connectivity index (χ3n) is 4.20. The van der Waals surface area contributed by atoms with Crippen LogP contribution in [0, 0.1) is 0 Å². The van der Waals surface area contributed by atoms with E-state index in [1.165, 1.54) is 11.3 Å². The van der Waals surface area contributed by atoms with E-state index in [1.54, 1.807) is 0 Å². The van der Waals surface area contributed by atoms with Gasteiger partial charge in [0.25, 0.3) is 0 Å². The summed E-state index contributed by atoms with van der Waals surface area (Å²) in [6, 6.07) is 15.0. The Morgan fingerprint density at radius 3 is 2.27 bits per heavy atom. The maximum atomic E-state index is 4.44. The molecule has 1 aromatic heterocycles. The summed E-state index contributed by atoms with van der Waals surface area (Å²) in [6.07, 6.45) is 1.87. The van der Waals surface area contributed by atoms with Crippen LogP contribution in [0.1, 0.15) is 5.56 Å². The number of hydrogen-bond donors (Lipinski definition) is 0. The Labute approximate surface area is 133 Å². The van der Waals surface area contributed by atoms with Crippen LogP contribution in [0.3, 0.4) is 0 Å². The molecule has 1 aliphatic rings. The third-order valence-corrected chi connectivity index (χ3v) is 4.20. The topological polar surface area (TPSA) is 22.6 Å². The Kier molecular flexibility index (Phi) is 4.59. The summed E-state index contributed by atoms with van der Waals surface area (Å²) in [4.78, 5) is 11.5. The quantitative estimate of drug-likeness (QED) is 0.864. The molecule has 0 radical (unpaired) electrons. The van der Waals surface area contributed by atoms with Gasteiger partial charge in [-0.1, -0.05) is 18.2 Å². The zero-order valence-electron chi connectivity index (χ0n) is 13.4. The Morgan fingerprint density at radius 2 is 1.68 bits per heavy atom. The van der Waals surface area contributed by atoms with E-state index >= 15 is 0 Å². The molecular weight excluding hydrogens is 272 g/mol. The lowest BCUT2D eigenvalue weighted by molar-refractivity contribution is 0.249. The first kappa shape index (κ1) is 14.9.